The lowest BCUT2D eigenvalue weighted by atomic mass is 9.80. The second-order valence-corrected chi connectivity index (χ2v) is 9.95. The molecule has 2 aromatic carbocycles. The third-order valence-electron chi connectivity index (χ3n) is 7.08. The van der Waals surface area contributed by atoms with E-state index in [2.05, 4.69) is 6.07 Å². The van der Waals surface area contributed by atoms with E-state index in [1.807, 2.05) is 6.07 Å². The summed E-state index contributed by atoms with van der Waals surface area (Å²) in [5.74, 6) is -2.64. The molecule has 4 rings (SSSR count). The zero-order valence-corrected chi connectivity index (χ0v) is 24.6. The topological polar surface area (TPSA) is 201 Å². The maximum Gasteiger partial charge on any atom is 0.335 e. The number of rotatable bonds is 6. The number of aromatic carboxylic acids is 2. The minimum absolute atomic E-state index is 0.0698. The Morgan fingerprint density at radius 3 is 1.68 bits per heavy atom. The fourth-order valence-corrected chi connectivity index (χ4v) is 5.16. The van der Waals surface area contributed by atoms with Crippen molar-refractivity contribution in [3.8, 4) is 12.1 Å². The van der Waals surface area contributed by atoms with Gasteiger partial charge in [0.1, 0.15) is 28.9 Å². The quantitative estimate of drug-likeness (QED) is 0.395. The molecule has 2 heterocycles. The van der Waals surface area contributed by atoms with Crippen molar-refractivity contribution in [2.45, 2.75) is 46.5 Å². The predicted molar refractivity (Wildman–Crippen MR) is 156 cm³/mol. The Hall–Kier alpha value is -5.94. The van der Waals surface area contributed by atoms with Crippen molar-refractivity contribution < 1.29 is 38.9 Å². The van der Waals surface area contributed by atoms with Crippen LogP contribution in [0.15, 0.2) is 94.0 Å². The molecule has 2 atom stereocenters. The number of carbonyl (C=O) groups excluding carboxylic acids is 2. The summed E-state index contributed by atoms with van der Waals surface area (Å²) in [6.45, 7) is 7.75. The summed E-state index contributed by atoms with van der Waals surface area (Å²) in [5, 5.41) is 36.8. The van der Waals surface area contributed by atoms with Gasteiger partial charge in [-0.15, -0.1) is 0 Å². The number of ether oxygens (including phenoxy) is 2. The number of nitriles is 2. The molecule has 224 valence electrons. The summed E-state index contributed by atoms with van der Waals surface area (Å²) in [4.78, 5) is 46.0. The van der Waals surface area contributed by atoms with Gasteiger partial charge in [0.25, 0.3) is 0 Å². The van der Waals surface area contributed by atoms with Crippen LogP contribution in [0.4, 0.5) is 0 Å². The number of carboxylic acid groups (broad SMARTS) is 2. The Bertz CT molecular complexity index is 1780. The molecule has 0 fully saturated rings. The summed E-state index contributed by atoms with van der Waals surface area (Å²) < 4.78 is 10.8. The average molecular weight is 596 g/mol. The van der Waals surface area contributed by atoms with Crippen LogP contribution >= 0.6 is 0 Å². The van der Waals surface area contributed by atoms with Crippen molar-refractivity contribution in [3.63, 3.8) is 0 Å². The minimum Gasteiger partial charge on any atom is -0.478 e. The first-order valence-electron chi connectivity index (χ1n) is 13.2. The Kier molecular flexibility index (Phi) is 9.89. The molecule has 0 aliphatic carbocycles. The minimum atomic E-state index is -1.09. The molecule has 0 saturated carbocycles. The van der Waals surface area contributed by atoms with E-state index in [-0.39, 0.29) is 34.1 Å². The number of nitrogens with zero attached hydrogens (tertiary/aromatic N) is 2. The van der Waals surface area contributed by atoms with Gasteiger partial charge in [0, 0.05) is 11.1 Å². The highest BCUT2D eigenvalue weighted by Gasteiger charge is 2.34. The Morgan fingerprint density at radius 2 is 1.20 bits per heavy atom. The SMILES string of the molecule is CC(=O)C1=C(C)OC(C)=C(C#N)C1c1ccc(C(=O)O)cc1.CC(=O)C1=C(C)OC(N)=C(C#N)C1c1cccc(C(=O)O)c1. The Labute approximate surface area is 253 Å². The van der Waals surface area contributed by atoms with E-state index in [1.54, 1.807) is 45.0 Å². The molecule has 2 aliphatic heterocycles. The number of carbonyl (C=O) groups is 4. The molecule has 0 amide bonds. The van der Waals surface area contributed by atoms with Gasteiger partial charge in [0.15, 0.2) is 11.6 Å². The largest absolute Gasteiger partial charge is 0.478 e. The molecule has 0 saturated heterocycles. The van der Waals surface area contributed by atoms with Gasteiger partial charge in [-0.25, -0.2) is 9.59 Å². The van der Waals surface area contributed by atoms with Crippen LogP contribution in [-0.4, -0.2) is 33.7 Å². The van der Waals surface area contributed by atoms with Gasteiger partial charge < -0.3 is 25.4 Å². The summed E-state index contributed by atoms with van der Waals surface area (Å²) in [6, 6.07) is 16.3. The second-order valence-electron chi connectivity index (χ2n) is 9.95. The van der Waals surface area contributed by atoms with Gasteiger partial charge in [-0.2, -0.15) is 10.5 Å². The molecule has 2 unspecified atom stereocenters. The number of benzene rings is 2. The smallest absolute Gasteiger partial charge is 0.335 e. The highest BCUT2D eigenvalue weighted by Crippen LogP contribution is 2.41. The van der Waals surface area contributed by atoms with Crippen molar-refractivity contribution in [2.24, 2.45) is 5.73 Å². The summed E-state index contributed by atoms with van der Waals surface area (Å²) in [5.41, 5.74) is 8.34. The third-order valence-corrected chi connectivity index (χ3v) is 7.08. The molecule has 0 aromatic heterocycles. The number of carboxylic acids is 2. The van der Waals surface area contributed by atoms with Crippen LogP contribution in [0.3, 0.4) is 0 Å². The van der Waals surface area contributed by atoms with Crippen LogP contribution in [0.2, 0.25) is 0 Å². The van der Waals surface area contributed by atoms with E-state index in [1.165, 1.54) is 38.1 Å². The molecule has 44 heavy (non-hydrogen) atoms. The zero-order valence-electron chi connectivity index (χ0n) is 24.6. The van der Waals surface area contributed by atoms with Crippen LogP contribution in [0.5, 0.6) is 0 Å². The van der Waals surface area contributed by atoms with Crippen molar-refractivity contribution in [1.82, 2.24) is 0 Å². The fourth-order valence-electron chi connectivity index (χ4n) is 5.16. The Balaban J connectivity index is 0.000000240. The maximum atomic E-state index is 12.0. The van der Waals surface area contributed by atoms with Crippen molar-refractivity contribution >= 4 is 23.5 Å². The van der Waals surface area contributed by atoms with E-state index >= 15 is 0 Å². The van der Waals surface area contributed by atoms with Gasteiger partial charge >= 0.3 is 11.9 Å². The second kappa shape index (κ2) is 13.4. The van der Waals surface area contributed by atoms with E-state index in [0.717, 1.165) is 0 Å². The van der Waals surface area contributed by atoms with Crippen molar-refractivity contribution in [2.75, 3.05) is 0 Å². The fraction of sp³-hybridized carbons (Fsp3) is 0.212. The lowest BCUT2D eigenvalue weighted by Crippen LogP contribution is -2.23. The first-order valence-corrected chi connectivity index (χ1v) is 13.2. The van der Waals surface area contributed by atoms with E-state index in [9.17, 15) is 29.7 Å². The molecule has 11 heteroatoms. The van der Waals surface area contributed by atoms with Gasteiger partial charge in [0.2, 0.25) is 5.88 Å². The first kappa shape index (κ1) is 32.6. The molecular formula is C33H29N3O8. The zero-order chi connectivity index (χ0) is 32.9. The molecule has 2 aliphatic rings. The third kappa shape index (κ3) is 6.58. The number of ketones is 2. The normalized spacial score (nSPS) is 17.8. The van der Waals surface area contributed by atoms with Gasteiger partial charge in [-0.05, 0) is 70.0 Å². The average Bonchev–Trinajstić information content (AvgIpc) is 2.96. The number of nitrogens with two attached hydrogens (primary N) is 1. The summed E-state index contributed by atoms with van der Waals surface area (Å²) in [7, 11) is 0. The first-order chi connectivity index (χ1) is 20.7. The van der Waals surface area contributed by atoms with E-state index in [4.69, 9.17) is 25.4 Å². The summed E-state index contributed by atoms with van der Waals surface area (Å²) >= 11 is 0. The van der Waals surface area contributed by atoms with Crippen LogP contribution in [0, 0.1) is 22.7 Å². The molecule has 0 spiro atoms. The number of hydrogen-bond donors (Lipinski definition) is 3. The molecule has 11 nitrogen and oxygen atoms in total. The lowest BCUT2D eigenvalue weighted by Gasteiger charge is -2.27. The van der Waals surface area contributed by atoms with E-state index < -0.39 is 23.8 Å². The highest BCUT2D eigenvalue weighted by atomic mass is 16.5. The van der Waals surface area contributed by atoms with Crippen molar-refractivity contribution in [3.05, 3.63) is 116 Å². The summed E-state index contributed by atoms with van der Waals surface area (Å²) in [6.07, 6.45) is 0. The molecule has 2 aromatic rings. The number of Topliss-reactive ketones (excluding diaryl/α,β-unsaturated/α-hetero) is 2. The van der Waals surface area contributed by atoms with E-state index in [0.29, 0.717) is 45.1 Å². The van der Waals surface area contributed by atoms with Crippen LogP contribution in [0.1, 0.15) is 78.3 Å². The molecule has 0 bridgehead atoms. The highest BCUT2D eigenvalue weighted by molar-refractivity contribution is 5.97. The lowest BCUT2D eigenvalue weighted by molar-refractivity contribution is -0.115. The predicted octanol–water partition coefficient (Wildman–Crippen LogP) is 5.21. The maximum absolute atomic E-state index is 12.0. The van der Waals surface area contributed by atoms with Crippen LogP contribution < -0.4 is 5.73 Å². The molecule has 4 N–H and O–H groups in total. The monoisotopic (exact) mass is 595 g/mol. The van der Waals surface area contributed by atoms with Gasteiger partial charge in [-0.3, -0.25) is 9.59 Å². The van der Waals surface area contributed by atoms with Gasteiger partial charge in [0.05, 0.1) is 34.6 Å². The van der Waals surface area contributed by atoms with Gasteiger partial charge in [-0.1, -0.05) is 24.3 Å². The standard InChI is InChI=1S/C17H15NO4.C16H14N2O4/c1-9(19)15-11(3)22-10(2)14(8-18)16(15)12-4-6-13(7-5-12)17(20)21;1-8(19)13-9(2)22-15(18)12(7-17)14(13)10-4-3-5-11(6-10)16(20)21/h4-7,16H,1-3H3,(H,20,21);3-6,14H,18H2,1-2H3,(H,20,21). The number of hydrogen-bond acceptors (Lipinski definition) is 9. The number of allylic oxidation sites excluding steroid dienone is 7. The molecule has 0 radical (unpaired) electrons. The Morgan fingerprint density at radius 1 is 0.705 bits per heavy atom. The van der Waals surface area contributed by atoms with Crippen LogP contribution in [0.25, 0.3) is 0 Å². The molecular weight excluding hydrogens is 566 g/mol. The van der Waals surface area contributed by atoms with Crippen LogP contribution in [-0.2, 0) is 19.1 Å². The van der Waals surface area contributed by atoms with Crippen molar-refractivity contribution in [1.29, 1.82) is 10.5 Å².